The number of carbonyl (C=O) groups excluding carboxylic acids is 1. The Bertz CT molecular complexity index is 730. The van der Waals surface area contributed by atoms with Crippen molar-refractivity contribution in [3.8, 4) is 0 Å². The first-order chi connectivity index (χ1) is 10.2. The van der Waals surface area contributed by atoms with Crippen LogP contribution in [0.1, 0.15) is 29.3 Å². The number of fused-ring (bicyclic) bond motifs is 3. The van der Waals surface area contributed by atoms with Gasteiger partial charge in [0.2, 0.25) is 0 Å². The van der Waals surface area contributed by atoms with Crippen LogP contribution in [0.3, 0.4) is 0 Å². The average molecular weight is 317 g/mol. The van der Waals surface area contributed by atoms with Crippen LogP contribution in [-0.2, 0) is 11.8 Å². The van der Waals surface area contributed by atoms with Crippen molar-refractivity contribution in [2.45, 2.75) is 18.1 Å². The van der Waals surface area contributed by atoms with Gasteiger partial charge < -0.3 is 4.57 Å². The van der Waals surface area contributed by atoms with Gasteiger partial charge in [-0.1, -0.05) is 18.2 Å². The molecule has 0 bridgehead atoms. The molecule has 0 amide bonds. The highest BCUT2D eigenvalue weighted by atomic mass is 32.2. The van der Waals surface area contributed by atoms with E-state index in [-0.39, 0.29) is 5.78 Å². The Morgan fingerprint density at radius 1 is 1.24 bits per heavy atom. The van der Waals surface area contributed by atoms with Crippen LogP contribution in [0.2, 0.25) is 0 Å². The summed E-state index contributed by atoms with van der Waals surface area (Å²) in [4.78, 5) is 13.2. The molecular weight excluding hydrogens is 298 g/mol. The van der Waals surface area contributed by atoms with Crippen LogP contribution in [0.25, 0.3) is 15.8 Å². The minimum atomic E-state index is 0.247. The van der Waals surface area contributed by atoms with Gasteiger partial charge in [0.25, 0.3) is 0 Å². The van der Waals surface area contributed by atoms with Crippen LogP contribution in [0.5, 0.6) is 0 Å². The Balaban J connectivity index is 2.39. The first-order valence-electron chi connectivity index (χ1n) is 7.06. The zero-order valence-electron chi connectivity index (χ0n) is 12.6. The van der Waals surface area contributed by atoms with Crippen molar-refractivity contribution < 1.29 is 4.79 Å². The number of benzene rings is 1. The van der Waals surface area contributed by atoms with Crippen molar-refractivity contribution >= 4 is 45.1 Å². The molecule has 0 saturated heterocycles. The smallest absolute Gasteiger partial charge is 0.156 e. The molecule has 2 nitrogen and oxygen atoms in total. The summed E-state index contributed by atoms with van der Waals surface area (Å²) in [6, 6.07) is 8.49. The second kappa shape index (κ2) is 5.93. The number of hydrogen-bond donors (Lipinski definition) is 0. The molecule has 1 aromatic heterocycles. The highest BCUT2D eigenvalue weighted by Crippen LogP contribution is 2.44. The second-order valence-corrected chi connectivity index (χ2v) is 7.17. The molecule has 1 heterocycles. The van der Waals surface area contributed by atoms with E-state index in [4.69, 9.17) is 0 Å². The van der Waals surface area contributed by atoms with Gasteiger partial charge in [-0.05, 0) is 31.1 Å². The van der Waals surface area contributed by atoms with Crippen LogP contribution in [0, 0.1) is 0 Å². The minimum absolute atomic E-state index is 0.247. The van der Waals surface area contributed by atoms with E-state index in [9.17, 15) is 4.79 Å². The van der Waals surface area contributed by atoms with E-state index in [1.807, 2.05) is 17.8 Å². The fourth-order valence-corrected chi connectivity index (χ4v) is 4.66. The van der Waals surface area contributed by atoms with Gasteiger partial charge in [0, 0.05) is 45.8 Å². The SMILES string of the molecule is CS/C1=C/C(=O)CC[C@@H](SC)c2c1c1ccccc1n2C. The Hall–Kier alpha value is -1.13. The molecule has 2 aromatic rings. The number of para-hydroxylation sites is 1. The van der Waals surface area contributed by atoms with Gasteiger partial charge in [-0.25, -0.2) is 0 Å². The highest BCUT2D eigenvalue weighted by molar-refractivity contribution is 8.07. The van der Waals surface area contributed by atoms with Crippen molar-refractivity contribution in [3.63, 3.8) is 0 Å². The molecule has 0 saturated carbocycles. The molecule has 0 radical (unpaired) electrons. The monoisotopic (exact) mass is 317 g/mol. The molecule has 4 heteroatoms. The van der Waals surface area contributed by atoms with Gasteiger partial charge in [0.05, 0.1) is 0 Å². The zero-order valence-corrected chi connectivity index (χ0v) is 14.2. The van der Waals surface area contributed by atoms with Crippen LogP contribution in [0.4, 0.5) is 0 Å². The molecule has 1 aliphatic carbocycles. The standard InChI is InChI=1S/C17H19NOS2/c1-18-13-7-5-4-6-12(13)16-15(21-3)10-11(19)8-9-14(20-2)17(16)18/h4-7,10,14H,8-9H2,1-3H3/b15-10+/t14-/m1/s1. The summed E-state index contributed by atoms with van der Waals surface area (Å²) in [6.07, 6.45) is 7.58. The Labute approximate surface area is 134 Å². The Morgan fingerprint density at radius 3 is 2.71 bits per heavy atom. The molecule has 1 atom stereocenters. The Kier molecular flexibility index (Phi) is 4.18. The number of nitrogens with zero attached hydrogens (tertiary/aromatic N) is 1. The van der Waals surface area contributed by atoms with E-state index in [0.29, 0.717) is 11.7 Å². The van der Waals surface area contributed by atoms with Crippen molar-refractivity contribution in [2.75, 3.05) is 12.5 Å². The molecule has 1 aromatic carbocycles. The van der Waals surface area contributed by atoms with E-state index in [2.05, 4.69) is 48.4 Å². The number of aromatic nitrogens is 1. The lowest BCUT2D eigenvalue weighted by Crippen LogP contribution is -2.09. The summed E-state index contributed by atoms with van der Waals surface area (Å²) in [7, 11) is 2.14. The molecule has 1 aliphatic rings. The van der Waals surface area contributed by atoms with Crippen molar-refractivity contribution in [3.05, 3.63) is 41.6 Å². The molecule has 0 unspecified atom stereocenters. The van der Waals surface area contributed by atoms with E-state index in [1.54, 1.807) is 11.8 Å². The number of aryl methyl sites for hydroxylation is 1. The molecule has 0 spiro atoms. The number of allylic oxidation sites excluding steroid dienone is 1. The van der Waals surface area contributed by atoms with Crippen LogP contribution >= 0.6 is 23.5 Å². The molecule has 3 rings (SSSR count). The average Bonchev–Trinajstić information content (AvgIpc) is 2.77. The fourth-order valence-electron chi connectivity index (χ4n) is 3.14. The summed E-state index contributed by atoms with van der Waals surface area (Å²) in [5.41, 5.74) is 3.86. The third kappa shape index (κ3) is 2.44. The van der Waals surface area contributed by atoms with E-state index >= 15 is 0 Å². The fraction of sp³-hybridized carbons (Fsp3) is 0.353. The van der Waals surface area contributed by atoms with Crippen LogP contribution in [0.15, 0.2) is 30.3 Å². The maximum absolute atomic E-state index is 12.1. The van der Waals surface area contributed by atoms with Gasteiger partial charge in [-0.3, -0.25) is 4.79 Å². The largest absolute Gasteiger partial charge is 0.346 e. The minimum Gasteiger partial charge on any atom is -0.346 e. The lowest BCUT2D eigenvalue weighted by atomic mass is 10.0. The number of hydrogen-bond acceptors (Lipinski definition) is 3. The molecular formula is C17H19NOS2. The van der Waals surface area contributed by atoms with Gasteiger partial charge in [0.15, 0.2) is 5.78 Å². The third-order valence-electron chi connectivity index (χ3n) is 4.15. The second-order valence-electron chi connectivity index (χ2n) is 5.28. The molecule has 0 N–H and O–H groups in total. The van der Waals surface area contributed by atoms with Crippen LogP contribution in [-0.4, -0.2) is 22.9 Å². The van der Waals surface area contributed by atoms with Crippen molar-refractivity contribution in [2.24, 2.45) is 7.05 Å². The number of carbonyl (C=O) groups is 1. The van der Waals surface area contributed by atoms with Crippen molar-refractivity contribution in [1.82, 2.24) is 4.57 Å². The molecule has 0 fully saturated rings. The number of rotatable bonds is 2. The zero-order chi connectivity index (χ0) is 15.0. The summed E-state index contributed by atoms with van der Waals surface area (Å²) < 4.78 is 2.31. The van der Waals surface area contributed by atoms with Gasteiger partial charge >= 0.3 is 0 Å². The third-order valence-corrected chi connectivity index (χ3v) is 5.94. The summed E-state index contributed by atoms with van der Waals surface area (Å²) in [5.74, 6) is 0.247. The highest BCUT2D eigenvalue weighted by Gasteiger charge is 2.26. The number of thioether (sulfide) groups is 2. The lowest BCUT2D eigenvalue weighted by molar-refractivity contribution is -0.114. The summed E-state index contributed by atoms with van der Waals surface area (Å²) in [5, 5.41) is 1.63. The maximum atomic E-state index is 12.1. The van der Waals surface area contributed by atoms with Crippen LogP contribution < -0.4 is 0 Å². The van der Waals surface area contributed by atoms with E-state index < -0.39 is 0 Å². The first-order valence-corrected chi connectivity index (χ1v) is 9.57. The van der Waals surface area contributed by atoms with Gasteiger partial charge in [-0.2, -0.15) is 11.8 Å². The normalized spacial score (nSPS) is 21.6. The first kappa shape index (κ1) is 14.8. The molecule has 110 valence electrons. The van der Waals surface area contributed by atoms with E-state index in [0.717, 1.165) is 11.3 Å². The Morgan fingerprint density at radius 2 is 2.00 bits per heavy atom. The summed E-state index contributed by atoms with van der Waals surface area (Å²) >= 11 is 3.52. The quantitative estimate of drug-likeness (QED) is 0.805. The predicted molar refractivity (Wildman–Crippen MR) is 94.9 cm³/mol. The van der Waals surface area contributed by atoms with Gasteiger partial charge in [-0.15, -0.1) is 11.8 Å². The van der Waals surface area contributed by atoms with E-state index in [1.165, 1.54) is 22.2 Å². The van der Waals surface area contributed by atoms with Gasteiger partial charge in [0.1, 0.15) is 0 Å². The predicted octanol–water partition coefficient (Wildman–Crippen LogP) is 4.65. The lowest BCUT2D eigenvalue weighted by Gasteiger charge is -2.20. The molecule has 21 heavy (non-hydrogen) atoms. The van der Waals surface area contributed by atoms with Crippen molar-refractivity contribution in [1.29, 1.82) is 0 Å². The maximum Gasteiger partial charge on any atom is 0.156 e. The summed E-state index contributed by atoms with van der Waals surface area (Å²) in [6.45, 7) is 0. The number of ketones is 1. The molecule has 0 aliphatic heterocycles. The topological polar surface area (TPSA) is 22.0 Å².